The summed E-state index contributed by atoms with van der Waals surface area (Å²) < 4.78 is 0. The van der Waals surface area contributed by atoms with E-state index in [0.717, 1.165) is 35.5 Å². The molecule has 4 rings (SSSR count). The average molecular weight is 346 g/mol. The number of anilines is 3. The Kier molecular flexibility index (Phi) is 4.74. The van der Waals surface area contributed by atoms with E-state index in [4.69, 9.17) is 9.97 Å². The van der Waals surface area contributed by atoms with Crippen LogP contribution in [0.1, 0.15) is 36.8 Å². The molecule has 0 atom stereocenters. The molecule has 134 valence electrons. The first-order valence-corrected chi connectivity index (χ1v) is 9.57. The number of fused-ring (bicyclic) bond motifs is 1. The Morgan fingerprint density at radius 1 is 0.846 bits per heavy atom. The van der Waals surface area contributed by atoms with Crippen molar-refractivity contribution in [3.63, 3.8) is 0 Å². The molecule has 0 amide bonds. The monoisotopic (exact) mass is 346 g/mol. The van der Waals surface area contributed by atoms with Crippen LogP contribution in [-0.4, -0.2) is 23.1 Å². The van der Waals surface area contributed by atoms with E-state index < -0.39 is 0 Å². The third-order valence-electron chi connectivity index (χ3n) is 5.25. The average Bonchev–Trinajstić information content (AvgIpc) is 2.93. The molecule has 1 fully saturated rings. The Morgan fingerprint density at radius 3 is 2.38 bits per heavy atom. The summed E-state index contributed by atoms with van der Waals surface area (Å²) >= 11 is 0. The predicted molar refractivity (Wildman–Crippen MR) is 109 cm³/mol. The first-order chi connectivity index (χ1) is 12.7. The van der Waals surface area contributed by atoms with Gasteiger partial charge in [-0.25, -0.2) is 4.98 Å². The highest BCUT2D eigenvalue weighted by Gasteiger charge is 2.16. The number of para-hydroxylation sites is 1. The second-order valence-corrected chi connectivity index (χ2v) is 7.21. The van der Waals surface area contributed by atoms with E-state index in [1.807, 2.05) is 6.07 Å². The molecule has 1 saturated heterocycles. The molecule has 3 aromatic rings. The van der Waals surface area contributed by atoms with Gasteiger partial charge >= 0.3 is 0 Å². The van der Waals surface area contributed by atoms with Crippen LogP contribution in [0.15, 0.2) is 42.5 Å². The molecule has 1 aliphatic rings. The van der Waals surface area contributed by atoms with Crippen molar-refractivity contribution in [3.8, 4) is 0 Å². The van der Waals surface area contributed by atoms with Crippen molar-refractivity contribution < 1.29 is 0 Å². The van der Waals surface area contributed by atoms with Crippen molar-refractivity contribution in [3.05, 3.63) is 53.6 Å². The van der Waals surface area contributed by atoms with Crippen molar-refractivity contribution in [2.45, 2.75) is 39.5 Å². The van der Waals surface area contributed by atoms with Crippen LogP contribution in [-0.2, 0) is 0 Å². The van der Waals surface area contributed by atoms with Crippen molar-refractivity contribution in [1.82, 2.24) is 9.97 Å². The normalized spacial score (nSPS) is 15.1. The fraction of sp³-hybridized carbons (Fsp3) is 0.364. The summed E-state index contributed by atoms with van der Waals surface area (Å²) in [4.78, 5) is 12.1. The van der Waals surface area contributed by atoms with E-state index in [1.54, 1.807) is 0 Å². The number of nitrogens with zero attached hydrogens (tertiary/aromatic N) is 3. The van der Waals surface area contributed by atoms with Gasteiger partial charge in [-0.3, -0.25) is 0 Å². The lowest BCUT2D eigenvalue weighted by Gasteiger charge is -2.23. The van der Waals surface area contributed by atoms with Gasteiger partial charge in [0.15, 0.2) is 0 Å². The molecule has 4 nitrogen and oxygen atoms in total. The molecule has 0 spiro atoms. The SMILES string of the molecule is Cc1ccc(Nc2nc(N3CCCCCC3)c3ccccc3n2)cc1C. The molecule has 1 aliphatic heterocycles. The van der Waals surface area contributed by atoms with Crippen molar-refractivity contribution in [2.24, 2.45) is 0 Å². The number of hydrogen-bond acceptors (Lipinski definition) is 4. The Bertz CT molecular complexity index is 911. The van der Waals surface area contributed by atoms with E-state index in [2.05, 4.69) is 60.5 Å². The van der Waals surface area contributed by atoms with Crippen LogP contribution in [0.25, 0.3) is 10.9 Å². The molecular formula is C22H26N4. The lowest BCUT2D eigenvalue weighted by molar-refractivity contribution is 0.726. The number of hydrogen-bond donors (Lipinski definition) is 1. The van der Waals surface area contributed by atoms with Gasteiger partial charge in [-0.1, -0.05) is 31.0 Å². The maximum Gasteiger partial charge on any atom is 0.229 e. The minimum atomic E-state index is 0.672. The van der Waals surface area contributed by atoms with Crippen LogP contribution in [0.4, 0.5) is 17.5 Å². The zero-order valence-electron chi connectivity index (χ0n) is 15.6. The van der Waals surface area contributed by atoms with Crippen molar-refractivity contribution in [2.75, 3.05) is 23.3 Å². The van der Waals surface area contributed by atoms with Crippen LogP contribution in [0.3, 0.4) is 0 Å². The van der Waals surface area contributed by atoms with Crippen LogP contribution in [0.5, 0.6) is 0 Å². The number of rotatable bonds is 3. The summed E-state index contributed by atoms with van der Waals surface area (Å²) in [5, 5.41) is 4.55. The number of nitrogens with one attached hydrogen (secondary N) is 1. The summed E-state index contributed by atoms with van der Waals surface area (Å²) in [6, 6.07) is 14.7. The van der Waals surface area contributed by atoms with Gasteiger partial charge in [0.05, 0.1) is 5.52 Å². The van der Waals surface area contributed by atoms with Crippen molar-refractivity contribution >= 4 is 28.4 Å². The molecule has 1 aromatic heterocycles. The third kappa shape index (κ3) is 3.50. The standard InChI is InChI=1S/C22H26N4/c1-16-11-12-18(15-17(16)2)23-22-24-20-10-6-5-9-19(20)21(25-22)26-13-7-3-4-8-14-26/h5-6,9-12,15H,3-4,7-8,13-14H2,1-2H3,(H,23,24,25). The van der Waals surface area contributed by atoms with Gasteiger partial charge in [-0.05, 0) is 62.1 Å². The maximum absolute atomic E-state index is 4.92. The molecule has 0 aliphatic carbocycles. The van der Waals surface area contributed by atoms with Crippen molar-refractivity contribution in [1.29, 1.82) is 0 Å². The smallest absolute Gasteiger partial charge is 0.229 e. The topological polar surface area (TPSA) is 41.1 Å². The largest absolute Gasteiger partial charge is 0.356 e. The first kappa shape index (κ1) is 16.8. The maximum atomic E-state index is 4.92. The van der Waals surface area contributed by atoms with Gasteiger partial charge in [-0.15, -0.1) is 0 Å². The fourth-order valence-corrected chi connectivity index (χ4v) is 3.59. The number of benzene rings is 2. The zero-order valence-corrected chi connectivity index (χ0v) is 15.6. The molecular weight excluding hydrogens is 320 g/mol. The summed E-state index contributed by atoms with van der Waals surface area (Å²) in [5.74, 6) is 1.73. The molecule has 26 heavy (non-hydrogen) atoms. The number of aromatic nitrogens is 2. The minimum Gasteiger partial charge on any atom is -0.356 e. The van der Waals surface area contributed by atoms with Crippen LogP contribution < -0.4 is 10.2 Å². The van der Waals surface area contributed by atoms with E-state index in [-0.39, 0.29) is 0 Å². The van der Waals surface area contributed by atoms with Gasteiger partial charge in [-0.2, -0.15) is 4.98 Å². The minimum absolute atomic E-state index is 0.672. The highest BCUT2D eigenvalue weighted by Crippen LogP contribution is 2.28. The molecule has 2 aromatic carbocycles. The van der Waals surface area contributed by atoms with Gasteiger partial charge in [0.1, 0.15) is 5.82 Å². The Morgan fingerprint density at radius 2 is 1.62 bits per heavy atom. The molecule has 0 unspecified atom stereocenters. The lowest BCUT2D eigenvalue weighted by atomic mass is 10.1. The van der Waals surface area contributed by atoms with E-state index in [0.29, 0.717) is 5.95 Å². The first-order valence-electron chi connectivity index (χ1n) is 9.57. The lowest BCUT2D eigenvalue weighted by Crippen LogP contribution is -2.25. The van der Waals surface area contributed by atoms with E-state index in [9.17, 15) is 0 Å². The summed E-state index contributed by atoms with van der Waals surface area (Å²) in [5.41, 5.74) is 4.59. The summed E-state index contributed by atoms with van der Waals surface area (Å²) in [6.07, 6.45) is 5.09. The van der Waals surface area contributed by atoms with Gasteiger partial charge < -0.3 is 10.2 Å². The second-order valence-electron chi connectivity index (χ2n) is 7.21. The van der Waals surface area contributed by atoms with Gasteiger partial charge in [0.25, 0.3) is 0 Å². The molecule has 2 heterocycles. The van der Waals surface area contributed by atoms with E-state index >= 15 is 0 Å². The molecule has 4 heteroatoms. The molecule has 1 N–H and O–H groups in total. The summed E-state index contributed by atoms with van der Waals surface area (Å²) in [7, 11) is 0. The Labute approximate surface area is 155 Å². The highest BCUT2D eigenvalue weighted by atomic mass is 15.2. The van der Waals surface area contributed by atoms with E-state index in [1.165, 1.54) is 36.8 Å². The number of aryl methyl sites for hydroxylation is 2. The van der Waals surface area contributed by atoms with Crippen LogP contribution >= 0.6 is 0 Å². The van der Waals surface area contributed by atoms with Gasteiger partial charge in [0.2, 0.25) is 5.95 Å². The van der Waals surface area contributed by atoms with Gasteiger partial charge in [0, 0.05) is 24.2 Å². The van der Waals surface area contributed by atoms with Crippen LogP contribution in [0.2, 0.25) is 0 Å². The molecule has 0 saturated carbocycles. The quantitative estimate of drug-likeness (QED) is 0.692. The summed E-state index contributed by atoms with van der Waals surface area (Å²) in [6.45, 7) is 6.40. The Balaban J connectivity index is 1.74. The van der Waals surface area contributed by atoms with Crippen LogP contribution in [0, 0.1) is 13.8 Å². The predicted octanol–water partition coefficient (Wildman–Crippen LogP) is 5.37. The zero-order chi connectivity index (χ0) is 17.9. The molecule has 0 bridgehead atoms. The second kappa shape index (κ2) is 7.32. The third-order valence-corrected chi connectivity index (χ3v) is 5.25. The highest BCUT2D eigenvalue weighted by molar-refractivity contribution is 5.90. The Hall–Kier alpha value is -2.62. The fourth-order valence-electron chi connectivity index (χ4n) is 3.59. The molecule has 0 radical (unpaired) electrons.